The number of primary amides is 1. The van der Waals surface area contributed by atoms with Crippen molar-refractivity contribution in [2.45, 2.75) is 45.1 Å². The third kappa shape index (κ3) is 5.42. The predicted molar refractivity (Wildman–Crippen MR) is 107 cm³/mol. The predicted octanol–water partition coefficient (Wildman–Crippen LogP) is 3.42. The Morgan fingerprint density at radius 3 is 2.75 bits per heavy atom. The normalized spacial score (nSPS) is 11.0. The number of nitrogens with one attached hydrogen (secondary N) is 1. The fourth-order valence-corrected chi connectivity index (χ4v) is 3.27. The smallest absolute Gasteiger partial charge is 0.306 e. The van der Waals surface area contributed by atoms with E-state index < -0.39 is 5.91 Å². The molecule has 3 rings (SSSR count). The van der Waals surface area contributed by atoms with Gasteiger partial charge < -0.3 is 10.5 Å². The maximum Gasteiger partial charge on any atom is 0.306 e. The second-order valence-corrected chi connectivity index (χ2v) is 7.05. The zero-order valence-corrected chi connectivity index (χ0v) is 16.5. The number of rotatable bonds is 11. The molecular weight excluding hydrogens is 378 g/mol. The first-order chi connectivity index (χ1) is 13.6. The standard InChI is InChI=1S/C20H24ClN5O2/c21-18-17-20(24-13-23-18)26(14-25-17)10-5-3-1-2-4-6-11-28-16-9-7-8-15(12-16)19(22)27/h7-9,12-14H,1-6,10-11H2,(H2,22,27)/p+1. The van der Waals surface area contributed by atoms with Crippen LogP contribution in [0.4, 0.5) is 0 Å². The molecular formula is C20H25ClN5O2+. The number of aryl methyl sites for hydroxylation is 1. The molecule has 148 valence electrons. The first-order valence-electron chi connectivity index (χ1n) is 9.55. The Morgan fingerprint density at radius 1 is 1.14 bits per heavy atom. The number of carbonyl (C=O) groups is 1. The van der Waals surface area contributed by atoms with E-state index in [-0.39, 0.29) is 0 Å². The molecule has 2 aromatic heterocycles. The first-order valence-corrected chi connectivity index (χ1v) is 9.92. The molecule has 0 fully saturated rings. The molecule has 0 atom stereocenters. The van der Waals surface area contributed by atoms with Crippen LogP contribution < -0.4 is 15.0 Å². The van der Waals surface area contributed by atoms with E-state index >= 15 is 0 Å². The topological polar surface area (TPSA) is 97.8 Å². The number of aromatic amines is 1. The van der Waals surface area contributed by atoms with Gasteiger partial charge in [-0.2, -0.15) is 0 Å². The van der Waals surface area contributed by atoms with Crippen molar-refractivity contribution in [3.05, 3.63) is 47.6 Å². The number of ether oxygens (including phenoxy) is 1. The van der Waals surface area contributed by atoms with Crippen LogP contribution in [0, 0.1) is 0 Å². The molecule has 1 amide bonds. The molecule has 0 aliphatic carbocycles. The van der Waals surface area contributed by atoms with E-state index in [2.05, 4.69) is 19.5 Å². The number of amides is 1. The third-order valence-corrected chi connectivity index (χ3v) is 4.88. The zero-order valence-electron chi connectivity index (χ0n) is 15.7. The minimum absolute atomic E-state index is 0.438. The van der Waals surface area contributed by atoms with Gasteiger partial charge in [0.05, 0.1) is 13.2 Å². The highest BCUT2D eigenvalue weighted by Crippen LogP contribution is 2.15. The van der Waals surface area contributed by atoms with Crippen molar-refractivity contribution in [3.8, 4) is 5.75 Å². The second-order valence-electron chi connectivity index (χ2n) is 6.69. The highest BCUT2D eigenvalue weighted by molar-refractivity contribution is 6.33. The number of benzene rings is 1. The first kappa shape index (κ1) is 20.1. The van der Waals surface area contributed by atoms with Gasteiger partial charge in [-0.05, 0) is 31.0 Å². The van der Waals surface area contributed by atoms with Gasteiger partial charge in [-0.15, -0.1) is 0 Å². The zero-order chi connectivity index (χ0) is 19.8. The van der Waals surface area contributed by atoms with Crippen molar-refractivity contribution < 1.29 is 14.1 Å². The van der Waals surface area contributed by atoms with Crippen LogP contribution in [-0.4, -0.2) is 27.5 Å². The van der Waals surface area contributed by atoms with Crippen molar-refractivity contribution in [2.24, 2.45) is 5.73 Å². The Kier molecular flexibility index (Phi) is 7.19. The molecule has 3 N–H and O–H groups in total. The van der Waals surface area contributed by atoms with Crippen LogP contribution in [0.3, 0.4) is 0 Å². The van der Waals surface area contributed by atoms with E-state index in [0.29, 0.717) is 23.1 Å². The average molecular weight is 403 g/mol. The van der Waals surface area contributed by atoms with Gasteiger partial charge in [-0.25, -0.2) is 9.55 Å². The van der Waals surface area contributed by atoms with Gasteiger partial charge in [0, 0.05) is 5.56 Å². The van der Waals surface area contributed by atoms with Crippen LogP contribution in [0.15, 0.2) is 36.9 Å². The molecule has 0 spiro atoms. The molecule has 0 aliphatic heterocycles. The van der Waals surface area contributed by atoms with E-state index in [9.17, 15) is 4.79 Å². The average Bonchev–Trinajstić information content (AvgIpc) is 3.11. The summed E-state index contributed by atoms with van der Waals surface area (Å²) in [6.07, 6.45) is 10.1. The van der Waals surface area contributed by atoms with Crippen molar-refractivity contribution in [3.63, 3.8) is 0 Å². The number of aromatic nitrogens is 4. The number of nitrogens with two attached hydrogens (primary N) is 1. The summed E-state index contributed by atoms with van der Waals surface area (Å²) in [5.74, 6) is 0.253. The summed E-state index contributed by atoms with van der Waals surface area (Å²) in [6.45, 7) is 1.56. The van der Waals surface area contributed by atoms with Crippen molar-refractivity contribution in [2.75, 3.05) is 6.61 Å². The number of nitrogens with zero attached hydrogens (tertiary/aromatic N) is 3. The molecule has 0 saturated carbocycles. The highest BCUT2D eigenvalue weighted by Gasteiger charge is 2.14. The van der Waals surface area contributed by atoms with Crippen molar-refractivity contribution in [1.29, 1.82) is 0 Å². The van der Waals surface area contributed by atoms with E-state index in [1.807, 2.05) is 12.4 Å². The Labute approximate surface area is 168 Å². The maximum atomic E-state index is 11.2. The molecule has 2 heterocycles. The van der Waals surface area contributed by atoms with Gasteiger partial charge in [-0.1, -0.05) is 48.3 Å². The number of hydrogen-bond acceptors (Lipinski definition) is 4. The Morgan fingerprint density at radius 2 is 1.93 bits per heavy atom. The lowest BCUT2D eigenvalue weighted by Gasteiger charge is -2.07. The third-order valence-electron chi connectivity index (χ3n) is 4.60. The van der Waals surface area contributed by atoms with Gasteiger partial charge in [0.2, 0.25) is 11.4 Å². The van der Waals surface area contributed by atoms with Crippen molar-refractivity contribution >= 4 is 28.7 Å². The summed E-state index contributed by atoms with van der Waals surface area (Å²) in [5.41, 5.74) is 7.37. The minimum atomic E-state index is -0.438. The van der Waals surface area contributed by atoms with Crippen LogP contribution in [-0.2, 0) is 6.54 Å². The number of hydrogen-bond donors (Lipinski definition) is 2. The van der Waals surface area contributed by atoms with Crippen LogP contribution in [0.2, 0.25) is 5.15 Å². The van der Waals surface area contributed by atoms with E-state index in [0.717, 1.165) is 37.0 Å². The molecule has 0 aliphatic rings. The van der Waals surface area contributed by atoms with E-state index in [1.54, 1.807) is 18.2 Å². The van der Waals surface area contributed by atoms with Gasteiger partial charge in [0.15, 0.2) is 17.8 Å². The molecule has 0 unspecified atom stereocenters. The minimum Gasteiger partial charge on any atom is -0.494 e. The summed E-state index contributed by atoms with van der Waals surface area (Å²) in [4.78, 5) is 22.5. The summed E-state index contributed by atoms with van der Waals surface area (Å²) in [6, 6.07) is 6.99. The van der Waals surface area contributed by atoms with Gasteiger partial charge in [0.1, 0.15) is 5.75 Å². The lowest BCUT2D eigenvalue weighted by molar-refractivity contribution is -0.673. The second kappa shape index (κ2) is 10.0. The number of carbonyl (C=O) groups excluding carboxylic acids is 1. The molecule has 0 bridgehead atoms. The maximum absolute atomic E-state index is 11.2. The molecule has 0 radical (unpaired) electrons. The Bertz CT molecular complexity index is 928. The van der Waals surface area contributed by atoms with E-state index in [4.69, 9.17) is 22.1 Å². The fraction of sp³-hybridized carbons (Fsp3) is 0.400. The molecule has 0 saturated heterocycles. The number of halogens is 1. The number of imidazole rings is 1. The highest BCUT2D eigenvalue weighted by atomic mass is 35.5. The molecule has 3 aromatic rings. The lowest BCUT2D eigenvalue weighted by atomic mass is 10.1. The molecule has 7 nitrogen and oxygen atoms in total. The van der Waals surface area contributed by atoms with Crippen LogP contribution in [0.1, 0.15) is 48.9 Å². The quantitative estimate of drug-likeness (QED) is 0.291. The monoisotopic (exact) mass is 402 g/mol. The lowest BCUT2D eigenvalue weighted by Crippen LogP contribution is -2.32. The van der Waals surface area contributed by atoms with Gasteiger partial charge in [-0.3, -0.25) is 9.78 Å². The Balaban J connectivity index is 1.27. The van der Waals surface area contributed by atoms with Crippen LogP contribution in [0.25, 0.3) is 11.2 Å². The molecule has 28 heavy (non-hydrogen) atoms. The van der Waals surface area contributed by atoms with Gasteiger partial charge >= 0.3 is 5.65 Å². The SMILES string of the molecule is NC(=O)c1cccc(OCCCCCCCC[n+]2c[nH]c3c(Cl)ncnc32)c1. The van der Waals surface area contributed by atoms with Crippen LogP contribution >= 0.6 is 11.6 Å². The summed E-state index contributed by atoms with van der Waals surface area (Å²) in [5, 5.41) is 0.451. The van der Waals surface area contributed by atoms with Crippen molar-refractivity contribution in [1.82, 2.24) is 15.0 Å². The fourth-order valence-electron chi connectivity index (χ4n) is 3.09. The largest absolute Gasteiger partial charge is 0.494 e. The molecule has 8 heteroatoms. The van der Waals surface area contributed by atoms with Gasteiger partial charge in [0.25, 0.3) is 0 Å². The molecule has 1 aromatic carbocycles. The summed E-state index contributed by atoms with van der Waals surface area (Å²) in [7, 11) is 0. The van der Waals surface area contributed by atoms with E-state index in [1.165, 1.54) is 25.6 Å². The number of unbranched alkanes of at least 4 members (excludes halogenated alkanes) is 5. The Hall–Kier alpha value is -2.67. The summed E-state index contributed by atoms with van der Waals surface area (Å²) >= 11 is 6.05. The number of fused-ring (bicyclic) bond motifs is 1. The van der Waals surface area contributed by atoms with Crippen LogP contribution in [0.5, 0.6) is 5.75 Å². The summed E-state index contributed by atoms with van der Waals surface area (Å²) < 4.78 is 7.77. The number of H-pyrrole nitrogens is 1.